The Hall–Kier alpha value is -2.55. The van der Waals surface area contributed by atoms with Crippen LogP contribution in [0.3, 0.4) is 0 Å². The number of hydrogen-bond acceptors (Lipinski definition) is 7. The summed E-state index contributed by atoms with van der Waals surface area (Å²) in [7, 11) is 0. The Morgan fingerprint density at radius 2 is 1.96 bits per heavy atom. The first-order chi connectivity index (χ1) is 13.2. The lowest BCUT2D eigenvalue weighted by Gasteiger charge is -2.20. The van der Waals surface area contributed by atoms with E-state index in [-0.39, 0.29) is 22.8 Å². The van der Waals surface area contributed by atoms with Crippen molar-refractivity contribution < 1.29 is 18.7 Å². The third-order valence-electron chi connectivity index (χ3n) is 3.52. The number of alkyl carbamates (subject to hydrolysis) is 1. The van der Waals surface area contributed by atoms with Crippen molar-refractivity contribution >= 4 is 29.4 Å². The van der Waals surface area contributed by atoms with E-state index in [1.54, 1.807) is 27.7 Å². The number of ether oxygens (including phenoxy) is 1. The molecule has 0 bridgehead atoms. The van der Waals surface area contributed by atoms with Crippen LogP contribution >= 0.6 is 11.8 Å². The van der Waals surface area contributed by atoms with Crippen molar-refractivity contribution in [2.75, 3.05) is 11.1 Å². The van der Waals surface area contributed by atoms with Crippen LogP contribution in [0.2, 0.25) is 0 Å². The van der Waals surface area contributed by atoms with Gasteiger partial charge in [0.1, 0.15) is 11.6 Å². The quantitative estimate of drug-likeness (QED) is 0.671. The summed E-state index contributed by atoms with van der Waals surface area (Å²) >= 11 is 1.13. The van der Waals surface area contributed by atoms with Crippen molar-refractivity contribution in [3.63, 3.8) is 0 Å². The Bertz CT molecular complexity index is 816. The van der Waals surface area contributed by atoms with E-state index in [0.717, 1.165) is 29.4 Å². The summed E-state index contributed by atoms with van der Waals surface area (Å²) in [6.45, 7) is 9.08. The molecule has 2 amide bonds. The van der Waals surface area contributed by atoms with Gasteiger partial charge in [-0.25, -0.2) is 4.79 Å². The highest BCUT2D eigenvalue weighted by atomic mass is 32.2. The van der Waals surface area contributed by atoms with Crippen molar-refractivity contribution in [2.45, 2.75) is 57.9 Å². The van der Waals surface area contributed by atoms with Gasteiger partial charge in [0.15, 0.2) is 0 Å². The molecule has 1 aromatic carbocycles. The molecule has 0 fully saturated rings. The Morgan fingerprint density at radius 3 is 2.64 bits per heavy atom. The van der Waals surface area contributed by atoms with E-state index in [2.05, 4.69) is 20.8 Å². The van der Waals surface area contributed by atoms with Crippen molar-refractivity contribution in [3.8, 4) is 0 Å². The van der Waals surface area contributed by atoms with Crippen molar-refractivity contribution in [2.24, 2.45) is 0 Å². The summed E-state index contributed by atoms with van der Waals surface area (Å²) in [6.07, 6.45) is 0.264. The minimum Gasteiger partial charge on any atom is -0.444 e. The fourth-order valence-corrected chi connectivity index (χ4v) is 2.83. The van der Waals surface area contributed by atoms with Crippen molar-refractivity contribution in [1.82, 2.24) is 15.5 Å². The summed E-state index contributed by atoms with van der Waals surface area (Å²) in [5.41, 5.74) is 1.28. The number of rotatable bonds is 7. The van der Waals surface area contributed by atoms with Crippen LogP contribution in [-0.2, 0) is 16.0 Å². The van der Waals surface area contributed by atoms with Crippen LogP contribution in [0.15, 0.2) is 33.9 Å². The number of para-hydroxylation sites is 1. The number of carbonyl (C=O) groups excluding carboxylic acids is 2. The number of hydrogen-bond donors (Lipinski definition) is 2. The maximum Gasteiger partial charge on any atom is 0.408 e. The molecule has 0 saturated carbocycles. The fraction of sp³-hybridized carbons (Fsp3) is 0.474. The molecular formula is C19H26N4O4S. The zero-order valence-electron chi connectivity index (χ0n) is 16.7. The molecule has 0 unspecified atom stereocenters. The number of nitrogens with one attached hydrogen (secondary N) is 2. The minimum atomic E-state index is -0.594. The van der Waals surface area contributed by atoms with Gasteiger partial charge in [-0.15, -0.1) is 10.2 Å². The highest BCUT2D eigenvalue weighted by Gasteiger charge is 2.21. The fourth-order valence-electron chi connectivity index (χ4n) is 2.26. The number of thioether (sulfide) groups is 1. The zero-order chi connectivity index (χ0) is 20.7. The van der Waals surface area contributed by atoms with Gasteiger partial charge >= 0.3 is 6.09 Å². The summed E-state index contributed by atoms with van der Waals surface area (Å²) < 4.78 is 10.7. The molecule has 8 nitrogen and oxygen atoms in total. The van der Waals surface area contributed by atoms with Gasteiger partial charge in [0, 0.05) is 5.69 Å². The third kappa shape index (κ3) is 6.88. The lowest BCUT2D eigenvalue weighted by Crippen LogP contribution is -2.34. The van der Waals surface area contributed by atoms with Crippen LogP contribution in [-0.4, -0.2) is 33.6 Å². The monoisotopic (exact) mass is 406 g/mol. The first-order valence-corrected chi connectivity index (χ1v) is 10.00. The van der Waals surface area contributed by atoms with Gasteiger partial charge in [-0.05, 0) is 45.7 Å². The van der Waals surface area contributed by atoms with Crippen LogP contribution in [0.25, 0.3) is 0 Å². The van der Waals surface area contributed by atoms with Gasteiger partial charge in [0.2, 0.25) is 11.8 Å². The second-order valence-corrected chi connectivity index (χ2v) is 8.05. The summed E-state index contributed by atoms with van der Waals surface area (Å²) in [5.74, 6) is 0.212. The van der Waals surface area contributed by atoms with E-state index in [0.29, 0.717) is 0 Å². The molecule has 0 aliphatic heterocycles. The summed E-state index contributed by atoms with van der Waals surface area (Å²) in [4.78, 5) is 24.0. The predicted octanol–water partition coefficient (Wildman–Crippen LogP) is 3.95. The largest absolute Gasteiger partial charge is 0.444 e. The molecule has 0 spiro atoms. The molecule has 2 N–H and O–H groups in total. The maximum atomic E-state index is 12.2. The first kappa shape index (κ1) is 21.7. The SMILES string of the molecule is CCc1ccccc1NC(=O)CSc1nnc([C@@H](C)NC(=O)OC(C)(C)C)o1. The second kappa shape index (κ2) is 9.59. The number of aryl methyl sites for hydroxylation is 1. The minimum absolute atomic E-state index is 0.132. The topological polar surface area (TPSA) is 106 Å². The van der Waals surface area contributed by atoms with Gasteiger partial charge in [0.25, 0.3) is 5.22 Å². The van der Waals surface area contributed by atoms with E-state index in [9.17, 15) is 9.59 Å². The molecular weight excluding hydrogens is 380 g/mol. The van der Waals surface area contributed by atoms with Gasteiger partial charge in [-0.2, -0.15) is 0 Å². The predicted molar refractivity (Wildman–Crippen MR) is 107 cm³/mol. The van der Waals surface area contributed by atoms with E-state index >= 15 is 0 Å². The number of anilines is 1. The highest BCUT2D eigenvalue weighted by molar-refractivity contribution is 7.99. The number of aromatic nitrogens is 2. The molecule has 0 aliphatic rings. The Morgan fingerprint density at radius 1 is 1.25 bits per heavy atom. The molecule has 2 aromatic rings. The van der Waals surface area contributed by atoms with Crippen molar-refractivity contribution in [1.29, 1.82) is 0 Å². The average Bonchev–Trinajstić information content (AvgIpc) is 3.08. The lowest BCUT2D eigenvalue weighted by molar-refractivity contribution is -0.113. The molecule has 1 atom stereocenters. The first-order valence-electron chi connectivity index (χ1n) is 9.01. The second-order valence-electron chi connectivity index (χ2n) is 7.12. The molecule has 1 aromatic heterocycles. The summed E-state index contributed by atoms with van der Waals surface area (Å²) in [5, 5.41) is 13.6. The van der Waals surface area contributed by atoms with E-state index in [4.69, 9.17) is 9.15 Å². The van der Waals surface area contributed by atoms with Crippen LogP contribution in [0.4, 0.5) is 10.5 Å². The number of carbonyl (C=O) groups is 2. The van der Waals surface area contributed by atoms with Crippen LogP contribution in [0.5, 0.6) is 0 Å². The van der Waals surface area contributed by atoms with E-state index in [1.807, 2.05) is 31.2 Å². The normalized spacial score (nSPS) is 12.3. The van der Waals surface area contributed by atoms with Gasteiger partial charge in [0.05, 0.1) is 5.75 Å². The zero-order valence-corrected chi connectivity index (χ0v) is 17.6. The van der Waals surface area contributed by atoms with Crippen LogP contribution in [0.1, 0.15) is 52.1 Å². The smallest absolute Gasteiger partial charge is 0.408 e. The number of benzene rings is 1. The van der Waals surface area contributed by atoms with Gasteiger partial charge < -0.3 is 19.8 Å². The Labute approximate surface area is 168 Å². The van der Waals surface area contributed by atoms with E-state index in [1.165, 1.54) is 0 Å². The van der Waals surface area contributed by atoms with Crippen LogP contribution in [0, 0.1) is 0 Å². The third-order valence-corrected chi connectivity index (χ3v) is 4.34. The molecule has 9 heteroatoms. The van der Waals surface area contributed by atoms with Crippen LogP contribution < -0.4 is 10.6 Å². The van der Waals surface area contributed by atoms with Gasteiger partial charge in [-0.3, -0.25) is 4.79 Å². The molecule has 0 radical (unpaired) electrons. The lowest BCUT2D eigenvalue weighted by atomic mass is 10.1. The van der Waals surface area contributed by atoms with Gasteiger partial charge in [-0.1, -0.05) is 36.9 Å². The highest BCUT2D eigenvalue weighted by Crippen LogP contribution is 2.21. The molecule has 0 saturated heterocycles. The molecule has 152 valence electrons. The van der Waals surface area contributed by atoms with E-state index < -0.39 is 17.7 Å². The number of amides is 2. The molecule has 28 heavy (non-hydrogen) atoms. The summed E-state index contributed by atoms with van der Waals surface area (Å²) in [6, 6.07) is 7.16. The molecule has 2 rings (SSSR count). The van der Waals surface area contributed by atoms with Crippen molar-refractivity contribution in [3.05, 3.63) is 35.7 Å². The average molecular weight is 407 g/mol. The number of nitrogens with zero attached hydrogens (tertiary/aromatic N) is 2. The maximum absolute atomic E-state index is 12.2. The Balaban J connectivity index is 1.85. The standard InChI is InChI=1S/C19H26N4O4S/c1-6-13-9-7-8-10-14(13)21-15(24)11-28-18-23-22-16(26-18)12(2)20-17(25)27-19(3,4)5/h7-10,12H,6,11H2,1-5H3,(H,20,25)(H,21,24)/t12-/m1/s1. The molecule has 1 heterocycles. The molecule has 0 aliphatic carbocycles. The Kier molecular flexibility index (Phi) is 7.45.